The normalized spacial score (nSPS) is 24.5. The predicted octanol–water partition coefficient (Wildman–Crippen LogP) is -2.04. The van der Waals surface area contributed by atoms with Crippen molar-refractivity contribution in [1.82, 2.24) is 24.8 Å². The van der Waals surface area contributed by atoms with Crippen LogP contribution in [-0.4, -0.2) is 84.3 Å². The van der Waals surface area contributed by atoms with Crippen LogP contribution in [0.5, 0.6) is 0 Å². The summed E-state index contributed by atoms with van der Waals surface area (Å²) in [5.74, 6) is -1.80. The molecule has 0 aromatic carbocycles. The van der Waals surface area contributed by atoms with E-state index < -0.39 is 58.1 Å². The first-order valence-corrected chi connectivity index (χ1v) is 12.9. The lowest BCUT2D eigenvalue weighted by molar-refractivity contribution is -0.123. The number of aromatic amines is 1. The molecular weight excluding hydrogens is 518 g/mol. The van der Waals surface area contributed by atoms with Gasteiger partial charge in [-0.25, -0.2) is 14.1 Å². The highest BCUT2D eigenvalue weighted by Gasteiger charge is 2.47. The fraction of sp³-hybridized carbons (Fsp3) is 0.600. The number of hydrogen-bond acceptors (Lipinski definition) is 12. The molecule has 0 aliphatic carbocycles. The van der Waals surface area contributed by atoms with Crippen molar-refractivity contribution in [2.45, 2.75) is 24.9 Å². The highest BCUT2D eigenvalue weighted by Crippen LogP contribution is 2.58. The average molecular weight is 542 g/mol. The first kappa shape index (κ1) is 27.3. The predicted molar refractivity (Wildman–Crippen MR) is 114 cm³/mol. The lowest BCUT2D eigenvalue weighted by Crippen LogP contribution is -2.35. The number of methoxy groups -OCH3 is 1. The van der Waals surface area contributed by atoms with Crippen LogP contribution in [0.15, 0.2) is 11.1 Å². The SMILES string of the molecule is COCCNC(=O)C[C@@H]1C(COP(=O)(O)OP(=O)(O)O)O[C@@H](n2cnc3c(=O)[nH]c(N)nc32)[C@@H]1O. The number of amides is 1. The van der Waals surface area contributed by atoms with Gasteiger partial charge in [-0.3, -0.25) is 23.7 Å². The highest BCUT2D eigenvalue weighted by atomic mass is 31.3. The third-order valence-electron chi connectivity index (χ3n) is 4.91. The number of carbonyl (C=O) groups excluding carboxylic acids is 1. The highest BCUT2D eigenvalue weighted by molar-refractivity contribution is 7.60. The molecule has 0 saturated carbocycles. The van der Waals surface area contributed by atoms with Crippen LogP contribution >= 0.6 is 15.6 Å². The maximum absolute atomic E-state index is 12.3. The summed E-state index contributed by atoms with van der Waals surface area (Å²) in [4.78, 5) is 61.7. The molecule has 5 atom stereocenters. The summed E-state index contributed by atoms with van der Waals surface area (Å²) in [6.45, 7) is -0.412. The Kier molecular flexibility index (Phi) is 8.44. The number of ether oxygens (including phenoxy) is 2. The van der Waals surface area contributed by atoms with Crippen LogP contribution in [-0.2, 0) is 32.2 Å². The van der Waals surface area contributed by atoms with E-state index in [-0.39, 0.29) is 36.7 Å². The molecule has 1 aliphatic rings. The first-order valence-electron chi connectivity index (χ1n) is 9.87. The molecule has 3 heterocycles. The van der Waals surface area contributed by atoms with Crippen LogP contribution in [0.4, 0.5) is 5.95 Å². The number of fused-ring (bicyclic) bond motifs is 1. The zero-order valence-corrected chi connectivity index (χ0v) is 19.9. The van der Waals surface area contributed by atoms with Gasteiger partial charge in [0, 0.05) is 26.0 Å². The van der Waals surface area contributed by atoms with Crippen molar-refractivity contribution in [3.63, 3.8) is 0 Å². The molecular formula is C15H24N6O12P2. The van der Waals surface area contributed by atoms with Gasteiger partial charge in [-0.15, -0.1) is 0 Å². The summed E-state index contributed by atoms with van der Waals surface area (Å²) in [5, 5.41) is 13.5. The van der Waals surface area contributed by atoms with Crippen molar-refractivity contribution < 1.29 is 52.0 Å². The molecule has 196 valence electrons. The van der Waals surface area contributed by atoms with Crippen molar-refractivity contribution >= 4 is 38.7 Å². The number of nitrogens with one attached hydrogen (secondary N) is 2. The standard InChI is InChI=1S/C15H24N6O12P2/c1-30-3-2-17-9(22)4-7-8(5-31-35(28,29)33-34(25,26)27)32-14(11(7)23)21-6-18-10-12(21)19-15(16)20-13(10)24/h6-8,11,14,23H,2-5H2,1H3,(H,17,22)(H,28,29)(H2,25,26,27)(H3,16,19,20,24)/t7-,8?,11-,14-/m1/s1. The Balaban J connectivity index is 1.85. The number of nitrogens with two attached hydrogens (primary N) is 1. The number of phosphoric ester groups is 1. The molecule has 1 aliphatic heterocycles. The maximum Gasteiger partial charge on any atom is 0.481 e. The number of rotatable bonds is 11. The molecule has 2 unspecified atom stereocenters. The molecule has 1 fully saturated rings. The molecule has 8 N–H and O–H groups in total. The smallest absolute Gasteiger partial charge is 0.388 e. The lowest BCUT2D eigenvalue weighted by Gasteiger charge is -2.21. The number of H-pyrrole nitrogens is 1. The summed E-state index contributed by atoms with van der Waals surface area (Å²) in [6, 6.07) is 0. The van der Waals surface area contributed by atoms with Gasteiger partial charge >= 0.3 is 15.6 Å². The summed E-state index contributed by atoms with van der Waals surface area (Å²) in [6.07, 6.45) is -3.18. The number of aliphatic hydroxyl groups is 1. The summed E-state index contributed by atoms with van der Waals surface area (Å²) in [7, 11) is -9.17. The molecule has 0 bridgehead atoms. The van der Waals surface area contributed by atoms with E-state index in [4.69, 9.17) is 25.0 Å². The van der Waals surface area contributed by atoms with Gasteiger partial charge in [0.05, 0.1) is 25.6 Å². The van der Waals surface area contributed by atoms with Gasteiger partial charge in [0.2, 0.25) is 11.9 Å². The fourth-order valence-electron chi connectivity index (χ4n) is 3.47. The number of hydrogen-bond donors (Lipinski definition) is 7. The zero-order valence-electron chi connectivity index (χ0n) is 18.1. The second-order valence-corrected chi connectivity index (χ2v) is 10.2. The molecule has 20 heteroatoms. The van der Waals surface area contributed by atoms with Crippen LogP contribution in [0.2, 0.25) is 0 Å². The van der Waals surface area contributed by atoms with Crippen LogP contribution in [0.1, 0.15) is 12.6 Å². The number of nitrogen functional groups attached to an aromatic ring is 1. The number of nitrogens with zero attached hydrogens (tertiary/aromatic N) is 3. The second-order valence-electron chi connectivity index (χ2n) is 7.38. The minimum Gasteiger partial charge on any atom is -0.388 e. The van der Waals surface area contributed by atoms with Crippen molar-refractivity contribution in [2.75, 3.05) is 32.6 Å². The number of anilines is 1. The Hall–Kier alpha value is -2.24. The Labute approximate surface area is 196 Å². The monoisotopic (exact) mass is 542 g/mol. The van der Waals surface area contributed by atoms with Crippen molar-refractivity contribution in [3.8, 4) is 0 Å². The molecule has 1 saturated heterocycles. The third-order valence-corrected chi connectivity index (χ3v) is 7.06. The number of aliphatic hydroxyl groups excluding tert-OH is 1. The van der Waals surface area contributed by atoms with Crippen molar-refractivity contribution in [2.24, 2.45) is 5.92 Å². The number of carbonyl (C=O) groups is 1. The number of phosphoric acid groups is 2. The van der Waals surface area contributed by atoms with Gasteiger partial charge in [0.1, 0.15) is 6.10 Å². The van der Waals surface area contributed by atoms with E-state index in [0.717, 1.165) is 6.33 Å². The van der Waals surface area contributed by atoms with E-state index in [9.17, 15) is 28.7 Å². The molecule has 0 spiro atoms. The van der Waals surface area contributed by atoms with Crippen LogP contribution in [0.25, 0.3) is 11.2 Å². The van der Waals surface area contributed by atoms with Gasteiger partial charge < -0.3 is 40.3 Å². The number of aromatic nitrogens is 4. The fourth-order valence-corrected chi connectivity index (χ4v) is 5.07. The first-order chi connectivity index (χ1) is 16.3. The minimum atomic E-state index is -5.37. The van der Waals surface area contributed by atoms with Crippen molar-refractivity contribution in [1.29, 1.82) is 0 Å². The van der Waals surface area contributed by atoms with Gasteiger partial charge in [-0.1, -0.05) is 0 Å². The Morgan fingerprint density at radius 3 is 2.74 bits per heavy atom. The zero-order chi connectivity index (χ0) is 26.0. The molecule has 0 radical (unpaired) electrons. The lowest BCUT2D eigenvalue weighted by atomic mass is 9.94. The Morgan fingerprint density at radius 1 is 1.37 bits per heavy atom. The largest absolute Gasteiger partial charge is 0.481 e. The molecule has 18 nitrogen and oxygen atoms in total. The van der Waals surface area contributed by atoms with E-state index in [0.29, 0.717) is 0 Å². The van der Waals surface area contributed by atoms with Crippen LogP contribution in [0.3, 0.4) is 0 Å². The molecule has 35 heavy (non-hydrogen) atoms. The summed E-state index contributed by atoms with van der Waals surface area (Å²) < 4.78 is 42.9. The van der Waals surface area contributed by atoms with Gasteiger partial charge in [0.15, 0.2) is 17.4 Å². The topological polar surface area (TPSA) is 271 Å². The van der Waals surface area contributed by atoms with E-state index in [2.05, 4.69) is 29.1 Å². The minimum absolute atomic E-state index is 0.0437. The van der Waals surface area contributed by atoms with E-state index >= 15 is 0 Å². The van der Waals surface area contributed by atoms with Crippen LogP contribution in [0, 0.1) is 5.92 Å². The van der Waals surface area contributed by atoms with E-state index in [1.54, 1.807) is 0 Å². The quantitative estimate of drug-likeness (QED) is 0.119. The molecule has 2 aromatic rings. The Morgan fingerprint density at radius 2 is 2.09 bits per heavy atom. The van der Waals surface area contributed by atoms with Crippen LogP contribution < -0.4 is 16.6 Å². The average Bonchev–Trinajstić information content (AvgIpc) is 3.27. The third kappa shape index (κ3) is 6.92. The maximum atomic E-state index is 12.3. The molecule has 1 amide bonds. The summed E-state index contributed by atoms with van der Waals surface area (Å²) in [5.41, 5.74) is 4.77. The van der Waals surface area contributed by atoms with Crippen molar-refractivity contribution in [3.05, 3.63) is 16.7 Å². The van der Waals surface area contributed by atoms with Gasteiger partial charge in [-0.05, 0) is 0 Å². The molecule has 2 aromatic heterocycles. The molecule has 3 rings (SSSR count). The second kappa shape index (κ2) is 10.8. The van der Waals surface area contributed by atoms with Gasteiger partial charge in [-0.2, -0.15) is 9.29 Å². The summed E-state index contributed by atoms with van der Waals surface area (Å²) >= 11 is 0. The van der Waals surface area contributed by atoms with E-state index in [1.807, 2.05) is 0 Å². The number of imidazole rings is 1. The van der Waals surface area contributed by atoms with Gasteiger partial charge in [0.25, 0.3) is 5.56 Å². The van der Waals surface area contributed by atoms with E-state index in [1.165, 1.54) is 11.7 Å². The Bertz CT molecular complexity index is 1210.